The van der Waals surface area contributed by atoms with Gasteiger partial charge in [0.25, 0.3) is 0 Å². The van der Waals surface area contributed by atoms with E-state index in [1.54, 1.807) is 43.3 Å². The highest BCUT2D eigenvalue weighted by molar-refractivity contribution is 5.72. The summed E-state index contributed by atoms with van der Waals surface area (Å²) in [6.45, 7) is 4.39. The lowest BCUT2D eigenvalue weighted by atomic mass is 10.1. The molecule has 2 aromatic carbocycles. The molecule has 1 atom stereocenters. The Bertz CT molecular complexity index is 981. The van der Waals surface area contributed by atoms with Crippen LogP contribution in [0.25, 0.3) is 0 Å². The van der Waals surface area contributed by atoms with Crippen molar-refractivity contribution < 1.29 is 42.1 Å². The molecule has 0 saturated carbocycles. The third kappa shape index (κ3) is 11.6. The fourth-order valence-electron chi connectivity index (χ4n) is 3.56. The summed E-state index contributed by atoms with van der Waals surface area (Å²) in [6.07, 6.45) is -5.62. The molecule has 1 N–H and O–H groups in total. The zero-order chi connectivity index (χ0) is 27.3. The fraction of sp³-hybridized carbons (Fsp3) is 0.481. The number of para-hydroxylation sites is 1. The summed E-state index contributed by atoms with van der Waals surface area (Å²) < 4.78 is 53.7. The quantitative estimate of drug-likeness (QED) is 0.286. The smallest absolute Gasteiger partial charge is 0.415 e. The third-order valence-corrected chi connectivity index (χ3v) is 5.56. The maximum absolute atomic E-state index is 12.8. The molecule has 0 aliphatic rings. The molecule has 1 amide bonds. The number of amides is 1. The number of unbranched alkanes of at least 4 members (excludes halogenated alkanes) is 2. The molecule has 0 heterocycles. The van der Waals surface area contributed by atoms with Gasteiger partial charge in [0.2, 0.25) is 0 Å². The van der Waals surface area contributed by atoms with Gasteiger partial charge in [-0.05, 0) is 56.0 Å². The third-order valence-electron chi connectivity index (χ3n) is 5.56. The van der Waals surface area contributed by atoms with E-state index in [4.69, 9.17) is 14.2 Å². The monoisotopic (exact) mass is 525 g/mol. The van der Waals surface area contributed by atoms with Crippen molar-refractivity contribution in [1.29, 1.82) is 0 Å². The molecule has 10 heteroatoms. The molecular formula is C27H34F3NO6. The van der Waals surface area contributed by atoms with Crippen molar-refractivity contribution in [3.05, 3.63) is 59.7 Å². The number of carboxylic acid groups (broad SMARTS) is 1. The van der Waals surface area contributed by atoms with Crippen molar-refractivity contribution in [3.8, 4) is 11.5 Å². The molecule has 0 aliphatic heterocycles. The van der Waals surface area contributed by atoms with Gasteiger partial charge in [-0.1, -0.05) is 36.8 Å². The predicted octanol–water partition coefficient (Wildman–Crippen LogP) is 6.03. The second kappa shape index (κ2) is 15.1. The van der Waals surface area contributed by atoms with E-state index in [2.05, 4.69) is 0 Å². The predicted molar refractivity (Wildman–Crippen MR) is 132 cm³/mol. The zero-order valence-electron chi connectivity index (χ0n) is 21.1. The highest BCUT2D eigenvalue weighted by atomic mass is 19.4. The van der Waals surface area contributed by atoms with Crippen LogP contribution in [0.4, 0.5) is 18.0 Å². The maximum Gasteiger partial charge on any atom is 0.415 e. The number of alkyl halides is 3. The molecule has 0 bridgehead atoms. The zero-order valence-corrected chi connectivity index (χ0v) is 21.1. The molecule has 0 saturated heterocycles. The molecule has 0 radical (unpaired) electrons. The molecule has 0 fully saturated rings. The molecule has 2 aromatic rings. The largest absolute Gasteiger partial charge is 0.492 e. The molecule has 37 heavy (non-hydrogen) atoms. The van der Waals surface area contributed by atoms with Crippen LogP contribution in [0.3, 0.4) is 0 Å². The van der Waals surface area contributed by atoms with Crippen LogP contribution in [0.1, 0.15) is 43.7 Å². The summed E-state index contributed by atoms with van der Waals surface area (Å²) in [6, 6.07) is 13.9. The minimum absolute atomic E-state index is 0.000931. The SMILES string of the molecule is CCOC(Cc1ccc(OCCN(CCCCCC(F)(F)F)C(=O)Oc2ccccc2C)cc1)C(=O)O. The lowest BCUT2D eigenvalue weighted by molar-refractivity contribution is -0.150. The van der Waals surface area contributed by atoms with Gasteiger partial charge in [-0.25, -0.2) is 9.59 Å². The summed E-state index contributed by atoms with van der Waals surface area (Å²) in [4.78, 5) is 25.5. The number of nitrogens with zero attached hydrogens (tertiary/aromatic N) is 1. The average molecular weight is 526 g/mol. The standard InChI is InChI=1S/C27H34F3NO6/c1-3-35-24(25(32)33)19-21-11-13-22(14-12-21)36-18-17-31(16-8-4-7-15-27(28,29)30)26(34)37-23-10-6-5-9-20(23)2/h5-6,9-14,24H,3-4,7-8,15-19H2,1-2H3,(H,32,33). The Balaban J connectivity index is 1.92. The Hall–Kier alpha value is -3.27. The number of aryl methyl sites for hydroxylation is 1. The van der Waals surface area contributed by atoms with E-state index in [9.17, 15) is 27.9 Å². The molecule has 0 aliphatic carbocycles. The molecule has 0 spiro atoms. The first-order valence-corrected chi connectivity index (χ1v) is 12.2. The topological polar surface area (TPSA) is 85.3 Å². The molecular weight excluding hydrogens is 491 g/mol. The number of carbonyl (C=O) groups is 2. The molecule has 2 rings (SSSR count). The van der Waals surface area contributed by atoms with Crippen molar-refractivity contribution in [2.75, 3.05) is 26.3 Å². The van der Waals surface area contributed by atoms with Gasteiger partial charge in [0.15, 0.2) is 6.10 Å². The summed E-state index contributed by atoms with van der Waals surface area (Å²) in [7, 11) is 0. The van der Waals surface area contributed by atoms with Gasteiger partial charge in [-0.3, -0.25) is 0 Å². The number of carboxylic acids is 1. The van der Waals surface area contributed by atoms with Crippen molar-refractivity contribution in [2.45, 2.75) is 58.2 Å². The van der Waals surface area contributed by atoms with Crippen LogP contribution >= 0.6 is 0 Å². The van der Waals surface area contributed by atoms with Gasteiger partial charge in [0.05, 0.1) is 6.54 Å². The van der Waals surface area contributed by atoms with Crippen molar-refractivity contribution in [1.82, 2.24) is 4.90 Å². The summed E-state index contributed by atoms with van der Waals surface area (Å²) in [5.74, 6) is -0.0829. The Morgan fingerprint density at radius 3 is 2.32 bits per heavy atom. The summed E-state index contributed by atoms with van der Waals surface area (Å²) in [5, 5.41) is 9.23. The Morgan fingerprint density at radius 2 is 1.70 bits per heavy atom. The minimum atomic E-state index is -4.19. The first-order valence-electron chi connectivity index (χ1n) is 12.2. The van der Waals surface area contributed by atoms with E-state index in [1.165, 1.54) is 4.90 Å². The van der Waals surface area contributed by atoms with Gasteiger partial charge in [-0.2, -0.15) is 13.2 Å². The van der Waals surface area contributed by atoms with Crippen LogP contribution in [0.5, 0.6) is 11.5 Å². The van der Waals surface area contributed by atoms with Crippen LogP contribution in [0.15, 0.2) is 48.5 Å². The highest BCUT2D eigenvalue weighted by Crippen LogP contribution is 2.23. The second-order valence-electron chi connectivity index (χ2n) is 8.53. The number of hydrogen-bond donors (Lipinski definition) is 1. The average Bonchev–Trinajstić information content (AvgIpc) is 2.84. The normalized spacial score (nSPS) is 12.1. The maximum atomic E-state index is 12.8. The Kier molecular flexibility index (Phi) is 12.2. The summed E-state index contributed by atoms with van der Waals surface area (Å²) in [5.41, 5.74) is 1.56. The first-order chi connectivity index (χ1) is 17.6. The number of carbonyl (C=O) groups excluding carboxylic acids is 1. The van der Waals surface area contributed by atoms with Crippen molar-refractivity contribution in [2.24, 2.45) is 0 Å². The van der Waals surface area contributed by atoms with E-state index in [0.29, 0.717) is 30.9 Å². The van der Waals surface area contributed by atoms with Crippen LogP contribution < -0.4 is 9.47 Å². The highest BCUT2D eigenvalue weighted by Gasteiger charge is 2.26. The van der Waals surface area contributed by atoms with Gasteiger partial charge in [-0.15, -0.1) is 0 Å². The van der Waals surface area contributed by atoms with E-state index >= 15 is 0 Å². The molecule has 204 valence electrons. The van der Waals surface area contributed by atoms with E-state index in [0.717, 1.165) is 11.1 Å². The molecule has 7 nitrogen and oxygen atoms in total. The fourth-order valence-corrected chi connectivity index (χ4v) is 3.56. The Morgan fingerprint density at radius 1 is 1.00 bits per heavy atom. The first kappa shape index (κ1) is 30.0. The number of benzene rings is 2. The molecule has 0 aromatic heterocycles. The van der Waals surface area contributed by atoms with Crippen LogP contribution in [-0.4, -0.2) is 60.7 Å². The Labute approximate surface area is 215 Å². The van der Waals surface area contributed by atoms with Gasteiger partial charge < -0.3 is 24.2 Å². The number of aliphatic carboxylic acids is 1. The van der Waals surface area contributed by atoms with E-state index in [1.807, 2.05) is 19.1 Å². The molecule has 1 unspecified atom stereocenters. The second-order valence-corrected chi connectivity index (χ2v) is 8.53. The van der Waals surface area contributed by atoms with Crippen LogP contribution in [0, 0.1) is 6.92 Å². The van der Waals surface area contributed by atoms with Crippen LogP contribution in [-0.2, 0) is 16.0 Å². The lowest BCUT2D eigenvalue weighted by Crippen LogP contribution is -2.37. The van der Waals surface area contributed by atoms with Crippen molar-refractivity contribution >= 4 is 12.1 Å². The minimum Gasteiger partial charge on any atom is -0.492 e. The number of hydrogen-bond acceptors (Lipinski definition) is 5. The van der Waals surface area contributed by atoms with Crippen molar-refractivity contribution in [3.63, 3.8) is 0 Å². The van der Waals surface area contributed by atoms with Crippen LogP contribution in [0.2, 0.25) is 0 Å². The van der Waals surface area contributed by atoms with E-state index in [-0.39, 0.29) is 32.5 Å². The van der Waals surface area contributed by atoms with Gasteiger partial charge >= 0.3 is 18.2 Å². The van der Waals surface area contributed by atoms with E-state index < -0.39 is 30.8 Å². The van der Waals surface area contributed by atoms with Gasteiger partial charge in [0.1, 0.15) is 18.1 Å². The lowest BCUT2D eigenvalue weighted by Gasteiger charge is -2.22. The number of rotatable bonds is 15. The summed E-state index contributed by atoms with van der Waals surface area (Å²) >= 11 is 0. The van der Waals surface area contributed by atoms with Gasteiger partial charge in [0, 0.05) is 26.0 Å². The number of halogens is 3. The number of ether oxygens (including phenoxy) is 3.